The number of nitrogens with zero attached hydrogens (tertiary/aromatic N) is 5. The summed E-state index contributed by atoms with van der Waals surface area (Å²) in [6.07, 6.45) is 3.97. The highest BCUT2D eigenvalue weighted by Gasteiger charge is 2.36. The van der Waals surface area contributed by atoms with Gasteiger partial charge in [-0.25, -0.2) is 9.18 Å². The molecule has 0 saturated carbocycles. The third-order valence-electron chi connectivity index (χ3n) is 6.65. The van der Waals surface area contributed by atoms with Gasteiger partial charge in [0.05, 0.1) is 11.8 Å². The average molecular weight is 495 g/mol. The highest BCUT2D eigenvalue weighted by Crippen LogP contribution is 2.28. The van der Waals surface area contributed by atoms with Crippen molar-refractivity contribution in [2.75, 3.05) is 25.0 Å². The Labute approximate surface area is 207 Å². The normalized spacial score (nSPS) is 18.1. The molecular weight excluding hydrogens is 467 g/mol. The summed E-state index contributed by atoms with van der Waals surface area (Å²) in [5.74, 6) is -0.227. The zero-order valence-corrected chi connectivity index (χ0v) is 19.9. The van der Waals surface area contributed by atoms with Gasteiger partial charge in [0.1, 0.15) is 11.6 Å². The van der Waals surface area contributed by atoms with Gasteiger partial charge in [-0.15, -0.1) is 5.10 Å². The number of hydrogen-bond donors (Lipinski definition) is 1. The van der Waals surface area contributed by atoms with E-state index in [1.807, 2.05) is 0 Å². The summed E-state index contributed by atoms with van der Waals surface area (Å²) >= 11 is 0. The van der Waals surface area contributed by atoms with Crippen molar-refractivity contribution in [3.05, 3.63) is 65.1 Å². The lowest BCUT2D eigenvalue weighted by atomic mass is 9.97. The number of amides is 3. The zero-order chi connectivity index (χ0) is 25.2. The quantitative estimate of drug-likeness (QED) is 0.577. The van der Waals surface area contributed by atoms with Gasteiger partial charge in [-0.1, -0.05) is 12.1 Å². The van der Waals surface area contributed by atoms with Gasteiger partial charge in [0.25, 0.3) is 5.91 Å². The summed E-state index contributed by atoms with van der Waals surface area (Å²) in [4.78, 5) is 46.3. The van der Waals surface area contributed by atoms with E-state index in [-0.39, 0.29) is 42.6 Å². The Hall–Kier alpha value is -4.02. The van der Waals surface area contributed by atoms with Crippen LogP contribution in [-0.2, 0) is 11.3 Å². The minimum absolute atomic E-state index is 0.161. The van der Waals surface area contributed by atoms with Gasteiger partial charge in [0.2, 0.25) is 11.9 Å². The van der Waals surface area contributed by atoms with Crippen LogP contribution in [0.1, 0.15) is 59.1 Å². The number of urea groups is 1. The molecule has 2 aliphatic rings. The molecule has 4 heterocycles. The number of aryl methyl sites for hydroxylation is 1. The largest absolute Gasteiger partial charge is 0.469 e. The smallest absolute Gasteiger partial charge is 0.326 e. The van der Waals surface area contributed by atoms with Crippen LogP contribution >= 0.6 is 0 Å². The lowest BCUT2D eigenvalue weighted by Crippen LogP contribution is -2.49. The van der Waals surface area contributed by atoms with Crippen molar-refractivity contribution in [2.24, 2.45) is 0 Å². The standard InChI is InChI=1S/C25H27FN6O4/c1-16-20(10-13-36-16)23(34)32-24(27-14-17-4-7-19(26)8-5-17)28-22(29-32)18-6-9-21(33)31(15-18)25(35)30-11-2-3-12-30/h4-5,7-8,10,13,18H,2-3,6,9,11-12,14-15H2,1H3,(H,27,28,29). The number of piperidine rings is 1. The maximum atomic E-state index is 13.3. The molecule has 1 aromatic carbocycles. The van der Waals surface area contributed by atoms with Crippen LogP contribution in [0.2, 0.25) is 0 Å². The third-order valence-corrected chi connectivity index (χ3v) is 6.65. The lowest BCUT2D eigenvalue weighted by Gasteiger charge is -2.32. The highest BCUT2D eigenvalue weighted by molar-refractivity contribution is 5.97. The molecule has 2 aliphatic heterocycles. The molecule has 0 aliphatic carbocycles. The molecule has 5 rings (SSSR count). The number of carbonyl (C=O) groups excluding carboxylic acids is 3. The van der Waals surface area contributed by atoms with Crippen molar-refractivity contribution in [2.45, 2.75) is 45.1 Å². The van der Waals surface area contributed by atoms with E-state index >= 15 is 0 Å². The maximum absolute atomic E-state index is 13.3. The van der Waals surface area contributed by atoms with Crippen molar-refractivity contribution in [1.82, 2.24) is 24.6 Å². The Balaban J connectivity index is 1.41. The fourth-order valence-electron chi connectivity index (χ4n) is 4.58. The number of likely N-dealkylation sites (tertiary alicyclic amines) is 2. The molecule has 10 nitrogen and oxygen atoms in total. The number of nitrogens with one attached hydrogen (secondary N) is 1. The summed E-state index contributed by atoms with van der Waals surface area (Å²) in [5, 5.41) is 7.62. The molecule has 36 heavy (non-hydrogen) atoms. The molecule has 1 unspecified atom stereocenters. The van der Waals surface area contributed by atoms with E-state index in [4.69, 9.17) is 4.42 Å². The van der Waals surface area contributed by atoms with E-state index in [0.717, 1.165) is 18.4 Å². The topological polar surface area (TPSA) is 114 Å². The average Bonchev–Trinajstić information content (AvgIpc) is 3.64. The van der Waals surface area contributed by atoms with Crippen molar-refractivity contribution >= 4 is 23.8 Å². The van der Waals surface area contributed by atoms with Crippen molar-refractivity contribution in [1.29, 1.82) is 0 Å². The van der Waals surface area contributed by atoms with E-state index in [9.17, 15) is 18.8 Å². The molecule has 1 N–H and O–H groups in total. The third kappa shape index (κ3) is 4.73. The molecular formula is C25H27FN6O4. The van der Waals surface area contributed by atoms with Crippen LogP contribution in [0.15, 0.2) is 41.0 Å². The first-order valence-corrected chi connectivity index (χ1v) is 12.0. The summed E-state index contributed by atoms with van der Waals surface area (Å²) in [7, 11) is 0. The number of benzene rings is 1. The number of hydrogen-bond acceptors (Lipinski definition) is 7. The van der Waals surface area contributed by atoms with E-state index in [1.165, 1.54) is 28.0 Å². The van der Waals surface area contributed by atoms with Gasteiger partial charge in [0, 0.05) is 38.5 Å². The van der Waals surface area contributed by atoms with Crippen LogP contribution in [0.25, 0.3) is 0 Å². The number of imide groups is 1. The number of aromatic nitrogens is 3. The monoisotopic (exact) mass is 494 g/mol. The first-order valence-electron chi connectivity index (χ1n) is 12.0. The summed E-state index contributed by atoms with van der Waals surface area (Å²) in [6.45, 7) is 3.44. The number of halogens is 1. The van der Waals surface area contributed by atoms with Crippen molar-refractivity contribution in [3.63, 3.8) is 0 Å². The van der Waals surface area contributed by atoms with Crippen LogP contribution < -0.4 is 5.32 Å². The summed E-state index contributed by atoms with van der Waals surface area (Å²) < 4.78 is 19.8. The Kier molecular flexibility index (Phi) is 6.53. The Morgan fingerprint density at radius 2 is 1.92 bits per heavy atom. The van der Waals surface area contributed by atoms with Crippen molar-refractivity contribution < 1.29 is 23.2 Å². The second-order valence-corrected chi connectivity index (χ2v) is 9.10. The summed E-state index contributed by atoms with van der Waals surface area (Å²) in [6, 6.07) is 7.29. The van der Waals surface area contributed by atoms with Crippen LogP contribution in [0.5, 0.6) is 0 Å². The Morgan fingerprint density at radius 3 is 2.61 bits per heavy atom. The molecule has 1 atom stereocenters. The maximum Gasteiger partial charge on any atom is 0.326 e. The van der Waals surface area contributed by atoms with Crippen LogP contribution in [-0.4, -0.2) is 62.0 Å². The Morgan fingerprint density at radius 1 is 1.17 bits per heavy atom. The molecule has 2 aromatic heterocycles. The van der Waals surface area contributed by atoms with Crippen LogP contribution in [0, 0.1) is 12.7 Å². The SMILES string of the molecule is Cc1occc1C(=O)n1nc(C2CCC(=O)N(C(=O)N3CCCC3)C2)nc1NCc1ccc(F)cc1. The molecule has 11 heteroatoms. The van der Waals surface area contributed by atoms with E-state index in [0.29, 0.717) is 43.2 Å². The second kappa shape index (κ2) is 9.92. The van der Waals surface area contributed by atoms with Gasteiger partial charge < -0.3 is 14.6 Å². The molecule has 0 bridgehead atoms. The number of carbonyl (C=O) groups is 3. The minimum Gasteiger partial charge on any atom is -0.469 e. The second-order valence-electron chi connectivity index (χ2n) is 9.10. The Bertz CT molecular complexity index is 1280. The minimum atomic E-state index is -0.418. The summed E-state index contributed by atoms with van der Waals surface area (Å²) in [5.41, 5.74) is 1.14. The van der Waals surface area contributed by atoms with E-state index in [2.05, 4.69) is 15.4 Å². The molecule has 0 radical (unpaired) electrons. The lowest BCUT2D eigenvalue weighted by molar-refractivity contribution is -0.131. The van der Waals surface area contributed by atoms with Gasteiger partial charge in [-0.2, -0.15) is 9.67 Å². The van der Waals surface area contributed by atoms with E-state index < -0.39 is 5.91 Å². The van der Waals surface area contributed by atoms with Gasteiger partial charge in [-0.3, -0.25) is 14.5 Å². The van der Waals surface area contributed by atoms with Crippen molar-refractivity contribution in [3.8, 4) is 0 Å². The number of rotatable bonds is 5. The number of anilines is 1. The molecule has 3 amide bonds. The predicted molar refractivity (Wildman–Crippen MR) is 127 cm³/mol. The number of furan rings is 1. The van der Waals surface area contributed by atoms with Gasteiger partial charge in [0.15, 0.2) is 5.82 Å². The molecule has 3 aromatic rings. The highest BCUT2D eigenvalue weighted by atomic mass is 19.1. The van der Waals surface area contributed by atoms with E-state index in [1.54, 1.807) is 30.0 Å². The molecule has 2 saturated heterocycles. The zero-order valence-electron chi connectivity index (χ0n) is 19.9. The van der Waals surface area contributed by atoms with Gasteiger partial charge >= 0.3 is 6.03 Å². The van der Waals surface area contributed by atoms with Gasteiger partial charge in [-0.05, 0) is 49.9 Å². The fraction of sp³-hybridized carbons (Fsp3) is 0.400. The first kappa shape index (κ1) is 23.7. The molecule has 188 valence electrons. The first-order chi connectivity index (χ1) is 17.4. The molecule has 2 fully saturated rings. The van der Waals surface area contributed by atoms with Crippen LogP contribution in [0.3, 0.4) is 0 Å². The fourth-order valence-corrected chi connectivity index (χ4v) is 4.58. The molecule has 0 spiro atoms. The predicted octanol–water partition coefficient (Wildman–Crippen LogP) is 3.54. The van der Waals surface area contributed by atoms with Crippen LogP contribution in [0.4, 0.5) is 15.1 Å².